The van der Waals surface area contributed by atoms with Crippen LogP contribution in [-0.2, 0) is 15.8 Å². The maximum absolute atomic E-state index is 12.2. The van der Waals surface area contributed by atoms with Crippen molar-refractivity contribution in [3.63, 3.8) is 0 Å². The molecule has 5 rings (SSSR count). The number of esters is 1. The van der Waals surface area contributed by atoms with E-state index in [4.69, 9.17) is 14.2 Å². The van der Waals surface area contributed by atoms with Crippen LogP contribution in [0, 0.1) is 0 Å². The van der Waals surface area contributed by atoms with Gasteiger partial charge in [-0.3, -0.25) is 0 Å². The van der Waals surface area contributed by atoms with Gasteiger partial charge in [0.05, 0.1) is 18.2 Å². The largest absolute Gasteiger partial charge is 0.451 e. The second-order valence-electron chi connectivity index (χ2n) is 10.7. The van der Waals surface area contributed by atoms with Gasteiger partial charge in [0.25, 0.3) is 5.89 Å². The Morgan fingerprint density at radius 3 is 2.50 bits per heavy atom. The number of rotatable bonds is 7. The van der Waals surface area contributed by atoms with Crippen molar-refractivity contribution in [1.82, 2.24) is 20.1 Å². The molecule has 2 aromatic carbocycles. The van der Waals surface area contributed by atoms with Crippen LogP contribution in [0.1, 0.15) is 68.0 Å². The van der Waals surface area contributed by atoms with Crippen molar-refractivity contribution in [2.45, 2.75) is 51.7 Å². The molecule has 1 aliphatic heterocycles. The van der Waals surface area contributed by atoms with E-state index in [1.807, 2.05) is 71.0 Å². The molecule has 1 atom stereocenters. The van der Waals surface area contributed by atoms with Gasteiger partial charge in [0.2, 0.25) is 5.95 Å². The normalized spacial score (nSPS) is 15.1. The van der Waals surface area contributed by atoms with Crippen LogP contribution in [0.4, 0.5) is 17.5 Å². The van der Waals surface area contributed by atoms with Crippen molar-refractivity contribution in [3.8, 4) is 11.5 Å². The first-order chi connectivity index (χ1) is 18.0. The van der Waals surface area contributed by atoms with Crippen LogP contribution in [0.2, 0.25) is 0 Å². The third-order valence-electron chi connectivity index (χ3n) is 6.30. The maximum atomic E-state index is 12.2. The summed E-state index contributed by atoms with van der Waals surface area (Å²) in [7, 11) is 0. The smallest absolute Gasteiger partial charge is 0.339 e. The molecule has 0 amide bonds. The number of aromatic nitrogens is 4. The van der Waals surface area contributed by atoms with E-state index in [-0.39, 0.29) is 23.9 Å². The molecule has 2 aromatic heterocycles. The van der Waals surface area contributed by atoms with Crippen molar-refractivity contribution >= 4 is 23.4 Å². The van der Waals surface area contributed by atoms with Crippen LogP contribution in [0.3, 0.4) is 0 Å². The summed E-state index contributed by atoms with van der Waals surface area (Å²) in [4.78, 5) is 25.9. The Morgan fingerprint density at radius 1 is 1.05 bits per heavy atom. The molecular weight excluding hydrogens is 484 g/mol. The highest BCUT2D eigenvalue weighted by Crippen LogP contribution is 2.38. The molecule has 0 aliphatic carbocycles. The standard InChI is InChI=1S/C28H30N6O4/c1-27(2,3)25-33-23(38-34-25)19-14-29-26(32-22(19)31-21(15-35)16-9-7-6-8-10-16)30-17-11-12-18-20(13-17)28(4,5)37-24(18)36/h6-14,21,35H,15H2,1-5H3,(H2,29,30,31,32). The van der Waals surface area contributed by atoms with E-state index in [0.717, 1.165) is 11.1 Å². The number of hydrogen-bond acceptors (Lipinski definition) is 10. The van der Waals surface area contributed by atoms with Crippen molar-refractivity contribution in [1.29, 1.82) is 0 Å². The van der Waals surface area contributed by atoms with Gasteiger partial charge in [-0.15, -0.1) is 0 Å². The van der Waals surface area contributed by atoms with Crippen LogP contribution in [0.15, 0.2) is 59.3 Å². The molecule has 10 nitrogen and oxygen atoms in total. The highest BCUT2D eigenvalue weighted by molar-refractivity contribution is 5.95. The van der Waals surface area contributed by atoms with Crippen LogP contribution >= 0.6 is 0 Å². The molecule has 0 saturated carbocycles. The highest BCUT2D eigenvalue weighted by atomic mass is 16.6. The monoisotopic (exact) mass is 514 g/mol. The van der Waals surface area contributed by atoms with Crippen molar-refractivity contribution in [2.24, 2.45) is 0 Å². The van der Waals surface area contributed by atoms with E-state index in [9.17, 15) is 9.90 Å². The number of nitrogens with zero attached hydrogens (tertiary/aromatic N) is 4. The molecule has 0 saturated heterocycles. The summed E-state index contributed by atoms with van der Waals surface area (Å²) in [6, 6.07) is 14.5. The number of nitrogens with one attached hydrogen (secondary N) is 2. The minimum Gasteiger partial charge on any atom is -0.451 e. The van der Waals surface area contributed by atoms with Crippen LogP contribution in [0.25, 0.3) is 11.5 Å². The number of anilines is 3. The second-order valence-corrected chi connectivity index (χ2v) is 10.7. The summed E-state index contributed by atoms with van der Waals surface area (Å²) in [5.74, 6) is 1.20. The zero-order valence-electron chi connectivity index (χ0n) is 21.9. The van der Waals surface area contributed by atoms with E-state index < -0.39 is 11.6 Å². The van der Waals surface area contributed by atoms with Crippen molar-refractivity contribution in [2.75, 3.05) is 17.2 Å². The van der Waals surface area contributed by atoms with Gasteiger partial charge >= 0.3 is 5.97 Å². The molecule has 0 fully saturated rings. The Morgan fingerprint density at radius 2 is 1.82 bits per heavy atom. The SMILES string of the molecule is CC(C)(C)c1noc(-c2cnc(Nc3ccc4c(c3)C(C)(C)OC4=O)nc2NC(CO)c2ccccc2)n1. The first-order valence-electron chi connectivity index (χ1n) is 12.3. The Hall–Kier alpha value is -4.31. The number of carbonyl (C=O) groups excluding carboxylic acids is 1. The second kappa shape index (κ2) is 9.53. The van der Waals surface area contributed by atoms with E-state index in [2.05, 4.69) is 25.8 Å². The fraction of sp³-hybridized carbons (Fsp3) is 0.321. The van der Waals surface area contributed by atoms with Gasteiger partial charge in [0.1, 0.15) is 17.0 Å². The topological polar surface area (TPSA) is 135 Å². The zero-order chi connectivity index (χ0) is 27.1. The van der Waals surface area contributed by atoms with Gasteiger partial charge < -0.3 is 25.0 Å². The molecule has 1 aliphatic rings. The van der Waals surface area contributed by atoms with E-state index in [1.54, 1.807) is 18.3 Å². The van der Waals surface area contributed by atoms with Crippen LogP contribution in [0.5, 0.6) is 0 Å². The molecular formula is C28H30N6O4. The molecule has 3 N–H and O–H groups in total. The molecule has 10 heteroatoms. The quantitative estimate of drug-likeness (QED) is 0.285. The number of aliphatic hydroxyl groups excluding tert-OH is 1. The molecule has 0 bridgehead atoms. The molecule has 0 spiro atoms. The fourth-order valence-electron chi connectivity index (χ4n) is 4.20. The van der Waals surface area contributed by atoms with E-state index in [1.165, 1.54) is 0 Å². The first-order valence-corrected chi connectivity index (χ1v) is 12.3. The zero-order valence-corrected chi connectivity index (χ0v) is 21.9. The fourth-order valence-corrected chi connectivity index (χ4v) is 4.20. The number of cyclic esters (lactones) is 1. The summed E-state index contributed by atoms with van der Waals surface area (Å²) in [6.07, 6.45) is 1.60. The highest BCUT2D eigenvalue weighted by Gasteiger charge is 2.37. The summed E-state index contributed by atoms with van der Waals surface area (Å²) in [5, 5.41) is 20.8. The number of aliphatic hydroxyl groups is 1. The Bertz CT molecular complexity index is 1480. The minimum absolute atomic E-state index is 0.165. The van der Waals surface area contributed by atoms with E-state index in [0.29, 0.717) is 34.4 Å². The lowest BCUT2D eigenvalue weighted by Gasteiger charge is -2.20. The van der Waals surface area contributed by atoms with Crippen LogP contribution < -0.4 is 10.6 Å². The van der Waals surface area contributed by atoms with Gasteiger partial charge in [-0.25, -0.2) is 9.78 Å². The lowest BCUT2D eigenvalue weighted by atomic mass is 9.95. The van der Waals surface area contributed by atoms with E-state index >= 15 is 0 Å². The van der Waals surface area contributed by atoms with Gasteiger partial charge in [-0.2, -0.15) is 9.97 Å². The summed E-state index contributed by atoms with van der Waals surface area (Å²) in [6.45, 7) is 9.53. The molecule has 196 valence electrons. The van der Waals surface area contributed by atoms with Crippen molar-refractivity contribution < 1.29 is 19.2 Å². The molecule has 3 heterocycles. The number of carbonyl (C=O) groups is 1. The molecule has 0 radical (unpaired) electrons. The van der Waals surface area contributed by atoms with Crippen molar-refractivity contribution in [3.05, 3.63) is 77.2 Å². The Kier molecular flexibility index (Phi) is 6.36. The predicted octanol–water partition coefficient (Wildman–Crippen LogP) is 5.12. The third kappa shape index (κ3) is 4.95. The average molecular weight is 515 g/mol. The van der Waals surface area contributed by atoms with Gasteiger partial charge in [-0.05, 0) is 37.6 Å². The summed E-state index contributed by atoms with van der Waals surface area (Å²) < 4.78 is 11.0. The van der Waals surface area contributed by atoms with Gasteiger partial charge in [-0.1, -0.05) is 56.3 Å². The van der Waals surface area contributed by atoms with Gasteiger partial charge in [0.15, 0.2) is 5.82 Å². The lowest BCUT2D eigenvalue weighted by Crippen LogP contribution is -2.17. The number of benzene rings is 2. The average Bonchev–Trinajstić information content (AvgIpc) is 3.46. The summed E-state index contributed by atoms with van der Waals surface area (Å²) in [5.41, 5.74) is 2.38. The lowest BCUT2D eigenvalue weighted by molar-refractivity contribution is 0.00954. The maximum Gasteiger partial charge on any atom is 0.339 e. The number of ether oxygens (including phenoxy) is 1. The number of hydrogen-bond donors (Lipinski definition) is 3. The minimum atomic E-state index is -0.728. The predicted molar refractivity (Wildman–Crippen MR) is 142 cm³/mol. The van der Waals surface area contributed by atoms with Gasteiger partial charge in [0, 0.05) is 22.9 Å². The van der Waals surface area contributed by atoms with Crippen LogP contribution in [-0.4, -0.2) is 37.8 Å². The molecule has 4 aromatic rings. The molecule has 38 heavy (non-hydrogen) atoms. The molecule has 1 unspecified atom stereocenters. The summed E-state index contributed by atoms with van der Waals surface area (Å²) >= 11 is 0. The first kappa shape index (κ1) is 25.3. The third-order valence-corrected chi connectivity index (χ3v) is 6.30. The number of fused-ring (bicyclic) bond motifs is 1. The Labute approximate surface area is 220 Å². The Balaban J connectivity index is 1.52.